The number of nitrogens with one attached hydrogen (secondary N) is 1. The van der Waals surface area contributed by atoms with Crippen LogP contribution in [0.25, 0.3) is 0 Å². The summed E-state index contributed by atoms with van der Waals surface area (Å²) in [5.41, 5.74) is 1.37. The molecule has 0 bridgehead atoms. The van der Waals surface area contributed by atoms with E-state index in [1.54, 1.807) is 23.2 Å². The fourth-order valence-corrected chi connectivity index (χ4v) is 3.48. The summed E-state index contributed by atoms with van der Waals surface area (Å²) in [5, 5.41) is 6.99. The fourth-order valence-electron chi connectivity index (χ4n) is 3.48. The number of aromatic nitrogens is 2. The maximum atomic E-state index is 12.8. The molecular weight excluding hydrogens is 356 g/mol. The van der Waals surface area contributed by atoms with E-state index in [2.05, 4.69) is 29.3 Å². The number of amides is 1. The Morgan fingerprint density at radius 1 is 1.36 bits per heavy atom. The Bertz CT molecular complexity index is 813. The highest BCUT2D eigenvalue weighted by Gasteiger charge is 2.29. The smallest absolute Gasteiger partial charge is 0.255 e. The summed E-state index contributed by atoms with van der Waals surface area (Å²) in [6, 6.07) is 5.41. The summed E-state index contributed by atoms with van der Waals surface area (Å²) in [5.74, 6) is 1.90. The first-order chi connectivity index (χ1) is 13.4. The summed E-state index contributed by atoms with van der Waals surface area (Å²) in [7, 11) is 0. The highest BCUT2D eigenvalue weighted by molar-refractivity contribution is 5.94. The molecule has 7 nitrogen and oxygen atoms in total. The minimum atomic E-state index is -0.0630. The van der Waals surface area contributed by atoms with E-state index in [9.17, 15) is 9.59 Å². The molecule has 1 fully saturated rings. The number of anilines is 1. The van der Waals surface area contributed by atoms with Crippen LogP contribution in [-0.4, -0.2) is 39.8 Å². The molecule has 2 aromatic heterocycles. The van der Waals surface area contributed by atoms with Crippen LogP contribution in [0.2, 0.25) is 0 Å². The van der Waals surface area contributed by atoms with Gasteiger partial charge in [0, 0.05) is 37.7 Å². The first-order valence-electron chi connectivity index (χ1n) is 9.86. The van der Waals surface area contributed by atoms with Gasteiger partial charge in [-0.3, -0.25) is 9.59 Å². The van der Waals surface area contributed by atoms with E-state index in [4.69, 9.17) is 4.52 Å². The van der Waals surface area contributed by atoms with Gasteiger partial charge < -0.3 is 14.7 Å². The van der Waals surface area contributed by atoms with Gasteiger partial charge in [0.15, 0.2) is 5.76 Å². The van der Waals surface area contributed by atoms with E-state index in [0.717, 1.165) is 24.3 Å². The number of carbonyl (C=O) groups is 2. The van der Waals surface area contributed by atoms with E-state index in [0.29, 0.717) is 43.4 Å². The number of Topliss-reactive ketones (excluding diaryl/α,β-unsaturated/α-hetero) is 1. The normalized spacial score (nSPS) is 17.0. The predicted molar refractivity (Wildman–Crippen MR) is 106 cm³/mol. The molecule has 0 aliphatic carbocycles. The summed E-state index contributed by atoms with van der Waals surface area (Å²) in [4.78, 5) is 31.3. The number of pyridine rings is 1. The molecule has 0 aromatic carbocycles. The SMILES string of the molecule is Cc1cc(CNc2ccc(C(=O)N3CCC[C@@H](C(=O)CC(C)C)C3)cn2)on1. The highest BCUT2D eigenvalue weighted by atomic mass is 16.5. The summed E-state index contributed by atoms with van der Waals surface area (Å²) in [6.45, 7) is 7.65. The van der Waals surface area contributed by atoms with Crippen LogP contribution in [0.3, 0.4) is 0 Å². The third kappa shape index (κ3) is 5.18. The van der Waals surface area contributed by atoms with Gasteiger partial charge in [0.1, 0.15) is 11.6 Å². The minimum Gasteiger partial charge on any atom is -0.363 e. The average Bonchev–Trinajstić information content (AvgIpc) is 3.11. The number of hydrogen-bond acceptors (Lipinski definition) is 6. The molecular formula is C21H28N4O3. The number of hydrogen-bond donors (Lipinski definition) is 1. The van der Waals surface area contributed by atoms with Crippen LogP contribution in [0.1, 0.15) is 54.9 Å². The monoisotopic (exact) mass is 384 g/mol. The Labute approximate surface area is 165 Å². The van der Waals surface area contributed by atoms with Gasteiger partial charge in [-0.2, -0.15) is 0 Å². The van der Waals surface area contributed by atoms with Gasteiger partial charge in [-0.1, -0.05) is 19.0 Å². The third-order valence-electron chi connectivity index (χ3n) is 4.90. The predicted octanol–water partition coefficient (Wildman–Crippen LogP) is 3.46. The molecule has 2 aromatic rings. The van der Waals surface area contributed by atoms with Crippen LogP contribution < -0.4 is 5.32 Å². The lowest BCUT2D eigenvalue weighted by Gasteiger charge is -2.32. The van der Waals surface area contributed by atoms with Crippen LogP contribution in [-0.2, 0) is 11.3 Å². The minimum absolute atomic E-state index is 0.0423. The van der Waals surface area contributed by atoms with Crippen molar-refractivity contribution in [1.82, 2.24) is 15.0 Å². The third-order valence-corrected chi connectivity index (χ3v) is 4.90. The molecule has 0 unspecified atom stereocenters. The zero-order valence-electron chi connectivity index (χ0n) is 16.8. The van der Waals surface area contributed by atoms with Crippen molar-refractivity contribution in [2.45, 2.75) is 46.6 Å². The lowest BCUT2D eigenvalue weighted by molar-refractivity contribution is -0.124. The van der Waals surface area contributed by atoms with E-state index in [-0.39, 0.29) is 17.6 Å². The Hall–Kier alpha value is -2.70. The van der Waals surface area contributed by atoms with Gasteiger partial charge in [-0.15, -0.1) is 0 Å². The highest BCUT2D eigenvalue weighted by Crippen LogP contribution is 2.22. The molecule has 1 aliphatic rings. The van der Waals surface area contributed by atoms with Crippen molar-refractivity contribution in [3.63, 3.8) is 0 Å². The number of carbonyl (C=O) groups excluding carboxylic acids is 2. The Morgan fingerprint density at radius 2 is 2.18 bits per heavy atom. The van der Waals surface area contributed by atoms with Gasteiger partial charge >= 0.3 is 0 Å². The zero-order chi connectivity index (χ0) is 20.1. The van der Waals surface area contributed by atoms with Gasteiger partial charge in [-0.05, 0) is 37.8 Å². The molecule has 1 aliphatic heterocycles. The Balaban J connectivity index is 1.56. The first kappa shape index (κ1) is 20.0. The average molecular weight is 384 g/mol. The van der Waals surface area contributed by atoms with Gasteiger partial charge in [0.2, 0.25) is 0 Å². The van der Waals surface area contributed by atoms with E-state index < -0.39 is 0 Å². The molecule has 0 radical (unpaired) electrons. The zero-order valence-corrected chi connectivity index (χ0v) is 16.8. The molecule has 0 spiro atoms. The molecule has 1 N–H and O–H groups in total. The van der Waals surface area contributed by atoms with Gasteiger partial charge in [0.25, 0.3) is 5.91 Å². The van der Waals surface area contributed by atoms with Crippen LogP contribution in [0.15, 0.2) is 28.9 Å². The van der Waals surface area contributed by atoms with E-state index >= 15 is 0 Å². The standard InChI is InChI=1S/C21H28N4O3/c1-14(2)9-19(26)17-5-4-8-25(13-17)21(27)16-6-7-20(22-11-16)23-12-18-10-15(3)24-28-18/h6-7,10-11,14,17H,4-5,8-9,12-13H2,1-3H3,(H,22,23)/t17-/m1/s1. The molecule has 1 atom stereocenters. The second-order valence-corrected chi connectivity index (χ2v) is 7.87. The van der Waals surface area contributed by atoms with Crippen LogP contribution in [0.5, 0.6) is 0 Å². The van der Waals surface area contributed by atoms with Gasteiger partial charge in [0.05, 0.1) is 17.8 Å². The van der Waals surface area contributed by atoms with Gasteiger partial charge in [-0.25, -0.2) is 4.98 Å². The maximum Gasteiger partial charge on any atom is 0.255 e. The van der Waals surface area contributed by atoms with E-state index in [1.165, 1.54) is 0 Å². The van der Waals surface area contributed by atoms with Crippen LogP contribution >= 0.6 is 0 Å². The first-order valence-corrected chi connectivity index (χ1v) is 9.86. The molecule has 150 valence electrons. The second kappa shape index (κ2) is 8.99. The number of likely N-dealkylation sites (tertiary alicyclic amines) is 1. The molecule has 7 heteroatoms. The van der Waals surface area contributed by atoms with Crippen molar-refractivity contribution in [1.29, 1.82) is 0 Å². The molecule has 1 amide bonds. The maximum absolute atomic E-state index is 12.8. The van der Waals surface area contributed by atoms with Crippen molar-refractivity contribution < 1.29 is 14.1 Å². The summed E-state index contributed by atoms with van der Waals surface area (Å²) >= 11 is 0. The Kier molecular flexibility index (Phi) is 6.44. The van der Waals surface area contributed by atoms with E-state index in [1.807, 2.05) is 13.0 Å². The lowest BCUT2D eigenvalue weighted by atomic mass is 9.89. The summed E-state index contributed by atoms with van der Waals surface area (Å²) < 4.78 is 5.15. The number of rotatable bonds is 7. The molecule has 1 saturated heterocycles. The molecule has 3 rings (SSSR count). The quantitative estimate of drug-likeness (QED) is 0.786. The fraction of sp³-hybridized carbons (Fsp3) is 0.524. The summed E-state index contributed by atoms with van der Waals surface area (Å²) in [6.07, 6.45) is 3.90. The van der Waals surface area contributed by atoms with Crippen molar-refractivity contribution in [3.8, 4) is 0 Å². The van der Waals surface area contributed by atoms with Crippen molar-refractivity contribution >= 4 is 17.5 Å². The van der Waals surface area contributed by atoms with Crippen molar-refractivity contribution in [3.05, 3.63) is 41.4 Å². The van der Waals surface area contributed by atoms with Crippen molar-refractivity contribution in [2.75, 3.05) is 18.4 Å². The number of nitrogens with zero attached hydrogens (tertiary/aromatic N) is 3. The largest absolute Gasteiger partial charge is 0.363 e. The topological polar surface area (TPSA) is 88.3 Å². The second-order valence-electron chi connectivity index (χ2n) is 7.87. The number of ketones is 1. The van der Waals surface area contributed by atoms with Crippen molar-refractivity contribution in [2.24, 2.45) is 11.8 Å². The number of piperidine rings is 1. The molecule has 28 heavy (non-hydrogen) atoms. The lowest BCUT2D eigenvalue weighted by Crippen LogP contribution is -2.42. The van der Waals surface area contributed by atoms with Crippen LogP contribution in [0, 0.1) is 18.8 Å². The van der Waals surface area contributed by atoms with Crippen LogP contribution in [0.4, 0.5) is 5.82 Å². The molecule has 0 saturated carbocycles. The number of aryl methyl sites for hydroxylation is 1. The molecule has 3 heterocycles. The Morgan fingerprint density at radius 3 is 2.82 bits per heavy atom.